The first-order valence-electron chi connectivity index (χ1n) is 9.69. The Morgan fingerprint density at radius 3 is 1.90 bits per heavy atom. The lowest BCUT2D eigenvalue weighted by Gasteiger charge is -2.40. The van der Waals surface area contributed by atoms with Crippen LogP contribution in [-0.4, -0.2) is 42.2 Å². The van der Waals surface area contributed by atoms with E-state index in [1.807, 2.05) is 65.6 Å². The van der Waals surface area contributed by atoms with Crippen LogP contribution in [-0.2, 0) is 0 Å². The molecule has 146 valence electrons. The van der Waals surface area contributed by atoms with Crippen LogP contribution < -0.4 is 14.5 Å². The summed E-state index contributed by atoms with van der Waals surface area (Å²) in [5.74, 6) is 1.62. The fourth-order valence-corrected chi connectivity index (χ4v) is 3.87. The summed E-state index contributed by atoms with van der Waals surface area (Å²) in [6.07, 6.45) is 0. The van der Waals surface area contributed by atoms with Crippen LogP contribution in [0.15, 0.2) is 72.8 Å². The molecule has 0 aromatic heterocycles. The second-order valence-corrected chi connectivity index (χ2v) is 7.15. The van der Waals surface area contributed by atoms with Crippen molar-refractivity contribution >= 4 is 23.1 Å². The largest absolute Gasteiger partial charge is 0.508 e. The van der Waals surface area contributed by atoms with Gasteiger partial charge in [0.2, 0.25) is 0 Å². The fourth-order valence-electron chi connectivity index (χ4n) is 3.87. The Hall–Kier alpha value is -3.67. The second kappa shape index (κ2) is 7.05. The van der Waals surface area contributed by atoms with Gasteiger partial charge in [-0.3, -0.25) is 4.90 Å². The number of benzene rings is 3. The van der Waals surface area contributed by atoms with Crippen molar-refractivity contribution in [2.24, 2.45) is 0 Å². The Labute approximate surface area is 169 Å². The number of rotatable bonds is 1. The van der Waals surface area contributed by atoms with Gasteiger partial charge in [-0.15, -0.1) is 0 Å². The Morgan fingerprint density at radius 2 is 1.31 bits per heavy atom. The van der Waals surface area contributed by atoms with Crippen LogP contribution in [0.25, 0.3) is 0 Å². The maximum Gasteiger partial charge on any atom is 0.329 e. The molecule has 6 heteroatoms. The first kappa shape index (κ1) is 17.4. The monoisotopic (exact) mass is 387 g/mol. The molecule has 0 bridgehead atoms. The van der Waals surface area contributed by atoms with E-state index in [-0.39, 0.29) is 11.8 Å². The molecule has 3 aromatic rings. The van der Waals surface area contributed by atoms with Crippen molar-refractivity contribution < 1.29 is 14.6 Å². The lowest BCUT2D eigenvalue weighted by Crippen LogP contribution is -2.52. The number of hydrogen-bond acceptors (Lipinski definition) is 4. The third-order valence-corrected chi connectivity index (χ3v) is 5.39. The summed E-state index contributed by atoms with van der Waals surface area (Å²) in [7, 11) is 0. The molecular formula is C23H21N3O3. The molecule has 0 spiro atoms. The summed E-state index contributed by atoms with van der Waals surface area (Å²) in [5, 5.41) is 9.49. The highest BCUT2D eigenvalue weighted by atomic mass is 16.5. The molecule has 1 fully saturated rings. The van der Waals surface area contributed by atoms with Gasteiger partial charge in [0.1, 0.15) is 5.75 Å². The highest BCUT2D eigenvalue weighted by molar-refractivity contribution is 6.03. The molecule has 1 N–H and O–H groups in total. The highest BCUT2D eigenvalue weighted by Crippen LogP contribution is 2.46. The van der Waals surface area contributed by atoms with E-state index in [0.29, 0.717) is 24.6 Å². The van der Waals surface area contributed by atoms with Gasteiger partial charge in [-0.2, -0.15) is 0 Å². The first-order chi connectivity index (χ1) is 14.2. The predicted molar refractivity (Wildman–Crippen MR) is 112 cm³/mol. The van der Waals surface area contributed by atoms with Crippen LogP contribution in [0.4, 0.5) is 21.9 Å². The number of piperazine rings is 1. The number of urea groups is 1. The van der Waals surface area contributed by atoms with Gasteiger partial charge in [0.05, 0.1) is 11.4 Å². The topological polar surface area (TPSA) is 56.2 Å². The average molecular weight is 387 g/mol. The summed E-state index contributed by atoms with van der Waals surface area (Å²) >= 11 is 0. The standard InChI is InChI=1S/C23H21N3O3/c27-18-11-9-17(10-12-18)24-13-15-25(16-14-24)23(28)26-19-5-1-3-7-21(19)29-22-8-4-2-6-20(22)26/h1-12,27H,13-16H2. The lowest BCUT2D eigenvalue weighted by atomic mass is 10.1. The SMILES string of the molecule is O=C(N1CCN(c2ccc(O)cc2)CC1)N1c2ccccc2Oc2ccccc21. The van der Waals surface area contributed by atoms with Gasteiger partial charge in [0.15, 0.2) is 11.5 Å². The summed E-state index contributed by atoms with van der Waals surface area (Å²) in [6, 6.07) is 22.4. The predicted octanol–water partition coefficient (Wildman–Crippen LogP) is 4.58. The van der Waals surface area contributed by atoms with Gasteiger partial charge in [-0.1, -0.05) is 24.3 Å². The van der Waals surface area contributed by atoms with E-state index in [1.165, 1.54) is 0 Å². The number of fused-ring (bicyclic) bond motifs is 2. The molecule has 2 aliphatic rings. The number of para-hydroxylation sites is 4. The molecule has 0 saturated carbocycles. The summed E-state index contributed by atoms with van der Waals surface area (Å²) in [6.45, 7) is 2.73. The molecule has 2 heterocycles. The maximum atomic E-state index is 13.5. The number of phenolic OH excluding ortho intramolecular Hbond substituents is 1. The second-order valence-electron chi connectivity index (χ2n) is 7.15. The fraction of sp³-hybridized carbons (Fsp3) is 0.174. The van der Waals surface area contributed by atoms with Crippen LogP contribution >= 0.6 is 0 Å². The third-order valence-electron chi connectivity index (χ3n) is 5.39. The van der Waals surface area contributed by atoms with Gasteiger partial charge in [-0.25, -0.2) is 4.79 Å². The normalized spacial score (nSPS) is 15.4. The minimum atomic E-state index is -0.0430. The number of anilines is 3. The molecule has 3 aromatic carbocycles. The van der Waals surface area contributed by atoms with Crippen molar-refractivity contribution in [1.82, 2.24) is 4.90 Å². The van der Waals surface area contributed by atoms with Gasteiger partial charge < -0.3 is 19.6 Å². The Balaban J connectivity index is 1.38. The van der Waals surface area contributed by atoms with E-state index >= 15 is 0 Å². The van der Waals surface area contributed by atoms with Gasteiger partial charge >= 0.3 is 6.03 Å². The van der Waals surface area contributed by atoms with E-state index in [9.17, 15) is 9.90 Å². The number of nitrogens with zero attached hydrogens (tertiary/aromatic N) is 3. The highest BCUT2D eigenvalue weighted by Gasteiger charge is 2.33. The van der Waals surface area contributed by atoms with E-state index in [1.54, 1.807) is 17.0 Å². The first-order valence-corrected chi connectivity index (χ1v) is 9.69. The molecule has 0 aliphatic carbocycles. The quantitative estimate of drug-likeness (QED) is 0.664. The minimum absolute atomic E-state index is 0.0430. The zero-order valence-electron chi connectivity index (χ0n) is 15.9. The molecule has 5 rings (SSSR count). The summed E-state index contributed by atoms with van der Waals surface area (Å²) in [5.41, 5.74) is 2.58. The number of ether oxygens (including phenoxy) is 1. The number of phenols is 1. The van der Waals surface area contributed by atoms with Crippen molar-refractivity contribution in [3.8, 4) is 17.2 Å². The molecule has 0 radical (unpaired) electrons. The third kappa shape index (κ3) is 3.12. The molecule has 29 heavy (non-hydrogen) atoms. The van der Waals surface area contributed by atoms with Gasteiger partial charge in [0.25, 0.3) is 0 Å². The lowest BCUT2D eigenvalue weighted by molar-refractivity contribution is 0.203. The van der Waals surface area contributed by atoms with Crippen molar-refractivity contribution in [3.63, 3.8) is 0 Å². The van der Waals surface area contributed by atoms with Crippen LogP contribution in [0.2, 0.25) is 0 Å². The van der Waals surface area contributed by atoms with Crippen LogP contribution in [0, 0.1) is 0 Å². The van der Waals surface area contributed by atoms with Gasteiger partial charge in [-0.05, 0) is 48.5 Å². The Morgan fingerprint density at radius 1 is 0.759 bits per heavy atom. The zero-order chi connectivity index (χ0) is 19.8. The smallest absolute Gasteiger partial charge is 0.329 e. The molecule has 0 atom stereocenters. The molecular weight excluding hydrogens is 366 g/mol. The number of carbonyl (C=O) groups excluding carboxylic acids is 1. The number of amides is 2. The van der Waals surface area contributed by atoms with Crippen molar-refractivity contribution in [2.75, 3.05) is 36.0 Å². The van der Waals surface area contributed by atoms with Crippen LogP contribution in [0.1, 0.15) is 0 Å². The summed E-state index contributed by atoms with van der Waals surface area (Å²) in [4.78, 5) is 19.4. The number of aromatic hydroxyl groups is 1. The van der Waals surface area contributed by atoms with Gasteiger partial charge in [0, 0.05) is 31.9 Å². The van der Waals surface area contributed by atoms with E-state index < -0.39 is 0 Å². The zero-order valence-corrected chi connectivity index (χ0v) is 15.9. The van der Waals surface area contributed by atoms with E-state index in [4.69, 9.17) is 4.74 Å². The average Bonchev–Trinajstić information content (AvgIpc) is 2.77. The molecule has 2 aliphatic heterocycles. The minimum Gasteiger partial charge on any atom is -0.508 e. The maximum absolute atomic E-state index is 13.5. The Bertz CT molecular complexity index is 998. The van der Waals surface area contributed by atoms with Crippen molar-refractivity contribution in [2.45, 2.75) is 0 Å². The van der Waals surface area contributed by atoms with Crippen LogP contribution in [0.5, 0.6) is 17.2 Å². The van der Waals surface area contributed by atoms with Crippen molar-refractivity contribution in [1.29, 1.82) is 0 Å². The molecule has 2 amide bonds. The van der Waals surface area contributed by atoms with Crippen LogP contribution in [0.3, 0.4) is 0 Å². The Kier molecular flexibility index (Phi) is 4.24. The van der Waals surface area contributed by atoms with E-state index in [0.717, 1.165) is 30.2 Å². The molecule has 0 unspecified atom stereocenters. The van der Waals surface area contributed by atoms with Crippen molar-refractivity contribution in [3.05, 3.63) is 72.8 Å². The van der Waals surface area contributed by atoms with E-state index in [2.05, 4.69) is 4.90 Å². The number of hydrogen-bond donors (Lipinski definition) is 1. The summed E-state index contributed by atoms with van der Waals surface area (Å²) < 4.78 is 5.99. The molecule has 6 nitrogen and oxygen atoms in total. The molecule has 1 saturated heterocycles. The number of carbonyl (C=O) groups is 1.